The van der Waals surface area contributed by atoms with Crippen molar-refractivity contribution in [2.75, 3.05) is 11.6 Å². The van der Waals surface area contributed by atoms with Crippen LogP contribution in [0, 0.1) is 6.92 Å². The lowest BCUT2D eigenvalue weighted by molar-refractivity contribution is -0.116. The third-order valence-electron chi connectivity index (χ3n) is 4.99. The highest BCUT2D eigenvalue weighted by Gasteiger charge is 2.26. The Hall–Kier alpha value is -3.87. The van der Waals surface area contributed by atoms with Crippen LogP contribution in [-0.2, 0) is 9.59 Å². The van der Waals surface area contributed by atoms with E-state index in [4.69, 9.17) is 9.15 Å². The number of nitrogens with zero attached hydrogens (tertiary/aromatic N) is 2. The molecule has 7 heteroatoms. The van der Waals surface area contributed by atoms with Crippen LogP contribution in [0.5, 0.6) is 5.75 Å². The van der Waals surface area contributed by atoms with Gasteiger partial charge >= 0.3 is 0 Å². The van der Waals surface area contributed by atoms with E-state index in [9.17, 15) is 9.59 Å². The molecule has 0 atom stereocenters. The largest absolute Gasteiger partial charge is 0.493 e. The van der Waals surface area contributed by atoms with Crippen LogP contribution in [0.25, 0.3) is 16.5 Å². The third kappa shape index (κ3) is 4.21. The predicted molar refractivity (Wildman–Crippen MR) is 120 cm³/mol. The van der Waals surface area contributed by atoms with Crippen molar-refractivity contribution in [1.29, 1.82) is 0 Å². The number of nitrogens with one attached hydrogen (secondary N) is 1. The molecule has 0 unspecified atom stereocenters. The molecule has 0 radical (unpaired) electrons. The number of amides is 2. The summed E-state index contributed by atoms with van der Waals surface area (Å²) in [5.74, 6) is 0.413. The van der Waals surface area contributed by atoms with Gasteiger partial charge in [0.25, 0.3) is 5.91 Å². The number of fused-ring (bicyclic) bond motifs is 1. The van der Waals surface area contributed by atoms with Crippen molar-refractivity contribution in [3.8, 4) is 5.75 Å². The van der Waals surface area contributed by atoms with Crippen LogP contribution in [0.15, 0.2) is 64.3 Å². The molecule has 1 aromatic heterocycles. The van der Waals surface area contributed by atoms with Crippen molar-refractivity contribution in [2.24, 2.45) is 5.10 Å². The smallest absolute Gasteiger partial charge is 0.255 e. The molecule has 1 aliphatic heterocycles. The van der Waals surface area contributed by atoms with E-state index in [-0.39, 0.29) is 18.2 Å². The topological polar surface area (TPSA) is 84.1 Å². The van der Waals surface area contributed by atoms with Gasteiger partial charge in [0.15, 0.2) is 0 Å². The number of rotatable bonds is 5. The molecule has 31 heavy (non-hydrogen) atoms. The van der Waals surface area contributed by atoms with Crippen LogP contribution < -0.4 is 15.1 Å². The highest BCUT2D eigenvalue weighted by molar-refractivity contribution is 6.17. The highest BCUT2D eigenvalue weighted by Crippen LogP contribution is 2.33. The van der Waals surface area contributed by atoms with Crippen LogP contribution in [-0.4, -0.2) is 24.3 Å². The van der Waals surface area contributed by atoms with Crippen molar-refractivity contribution in [2.45, 2.75) is 27.2 Å². The second kappa shape index (κ2) is 8.47. The van der Waals surface area contributed by atoms with Crippen molar-refractivity contribution >= 4 is 39.9 Å². The van der Waals surface area contributed by atoms with Crippen LogP contribution >= 0.6 is 0 Å². The second-order valence-electron chi connectivity index (χ2n) is 7.28. The molecule has 0 saturated heterocycles. The zero-order valence-corrected chi connectivity index (χ0v) is 17.6. The Kier molecular flexibility index (Phi) is 5.58. The number of carbonyl (C=O) groups excluding carboxylic acids is 2. The lowest BCUT2D eigenvalue weighted by Crippen LogP contribution is -2.28. The number of hydrogen-bond acceptors (Lipinski definition) is 5. The van der Waals surface area contributed by atoms with Crippen LogP contribution in [0.3, 0.4) is 0 Å². The predicted octanol–water partition coefficient (Wildman–Crippen LogP) is 4.41. The fourth-order valence-corrected chi connectivity index (χ4v) is 3.49. The summed E-state index contributed by atoms with van der Waals surface area (Å²) in [4.78, 5) is 24.9. The molecule has 0 saturated carbocycles. The molecule has 1 aliphatic rings. The van der Waals surface area contributed by atoms with Gasteiger partial charge in [-0.25, -0.2) is 0 Å². The summed E-state index contributed by atoms with van der Waals surface area (Å²) in [5.41, 5.74) is 3.95. The van der Waals surface area contributed by atoms with Crippen molar-refractivity contribution in [1.82, 2.24) is 5.32 Å². The van der Waals surface area contributed by atoms with Crippen molar-refractivity contribution in [3.05, 3.63) is 65.9 Å². The first-order chi connectivity index (χ1) is 15.0. The summed E-state index contributed by atoms with van der Waals surface area (Å²) in [6, 6.07) is 12.9. The average molecular weight is 417 g/mol. The Morgan fingerprint density at radius 3 is 2.81 bits per heavy atom. The highest BCUT2D eigenvalue weighted by atomic mass is 16.5. The molecule has 2 amide bonds. The molecule has 3 aromatic rings. The Morgan fingerprint density at radius 2 is 2.06 bits per heavy atom. The van der Waals surface area contributed by atoms with Gasteiger partial charge in [-0.1, -0.05) is 18.2 Å². The number of carbonyl (C=O) groups is 2. The van der Waals surface area contributed by atoms with E-state index < -0.39 is 0 Å². The molecule has 158 valence electrons. The number of hydrogen-bond donors (Lipinski definition) is 1. The first kappa shape index (κ1) is 20.4. The molecule has 0 fully saturated rings. The molecule has 1 N–H and O–H groups in total. The fraction of sp³-hybridized carbons (Fsp3) is 0.208. The minimum Gasteiger partial charge on any atom is -0.493 e. The molecule has 2 heterocycles. The quantitative estimate of drug-likeness (QED) is 0.623. The number of ether oxygens (including phenoxy) is 1. The molecule has 2 aromatic carbocycles. The number of amidine groups is 1. The number of furan rings is 1. The maximum atomic E-state index is 12.6. The first-order valence-corrected chi connectivity index (χ1v) is 10.1. The Balaban J connectivity index is 1.56. The number of allylic oxidation sites excluding steroid dienone is 1. The van der Waals surface area contributed by atoms with E-state index in [2.05, 4.69) is 10.4 Å². The molecule has 7 nitrogen and oxygen atoms in total. The maximum Gasteiger partial charge on any atom is 0.255 e. The second-order valence-corrected chi connectivity index (χ2v) is 7.28. The zero-order chi connectivity index (χ0) is 22.0. The number of para-hydroxylation sites is 1. The summed E-state index contributed by atoms with van der Waals surface area (Å²) in [6.45, 7) is 6.21. The first-order valence-electron chi connectivity index (χ1n) is 10.1. The molecule has 0 aliphatic carbocycles. The van der Waals surface area contributed by atoms with E-state index in [1.165, 1.54) is 11.1 Å². The van der Waals surface area contributed by atoms with Gasteiger partial charge in [0.05, 0.1) is 25.0 Å². The average Bonchev–Trinajstić information content (AvgIpc) is 3.30. The minimum atomic E-state index is -0.356. The minimum absolute atomic E-state index is 0.0396. The molecular weight excluding hydrogens is 394 g/mol. The molecular formula is C24H23N3O4. The van der Waals surface area contributed by atoms with E-state index in [1.54, 1.807) is 18.4 Å². The summed E-state index contributed by atoms with van der Waals surface area (Å²) < 4.78 is 11.3. The van der Waals surface area contributed by atoms with Gasteiger partial charge < -0.3 is 14.5 Å². The number of benzene rings is 2. The third-order valence-corrected chi connectivity index (χ3v) is 4.99. The summed E-state index contributed by atoms with van der Waals surface area (Å²) in [7, 11) is 0. The normalized spacial score (nSPS) is 14.2. The van der Waals surface area contributed by atoms with E-state index in [0.29, 0.717) is 23.9 Å². The summed E-state index contributed by atoms with van der Waals surface area (Å²) >= 11 is 0. The molecule has 0 spiro atoms. The van der Waals surface area contributed by atoms with Crippen LogP contribution in [0.2, 0.25) is 0 Å². The van der Waals surface area contributed by atoms with Gasteiger partial charge in [-0.2, -0.15) is 10.1 Å². The van der Waals surface area contributed by atoms with Gasteiger partial charge in [0, 0.05) is 23.1 Å². The van der Waals surface area contributed by atoms with E-state index in [1.807, 2.05) is 51.1 Å². The maximum absolute atomic E-state index is 12.6. The molecule has 0 bridgehead atoms. The Morgan fingerprint density at radius 1 is 1.29 bits per heavy atom. The standard InChI is InChI=1S/C24H23N3O4/c1-4-30-20-12-21-19(16(3)14-31-21)11-18(20)15(2)10-23(28)25-22-13-24(29)27(26-22)17-8-6-5-7-9-17/h5-12,14H,4,13H2,1-3H3,(H,25,26,28)/b15-10+. The van der Waals surface area contributed by atoms with Crippen molar-refractivity contribution < 1.29 is 18.7 Å². The lowest BCUT2D eigenvalue weighted by Gasteiger charge is -2.11. The zero-order valence-electron chi connectivity index (χ0n) is 17.6. The Labute approximate surface area is 180 Å². The van der Waals surface area contributed by atoms with Gasteiger partial charge in [-0.15, -0.1) is 0 Å². The number of hydrazone groups is 1. The number of anilines is 1. The summed E-state index contributed by atoms with van der Waals surface area (Å²) in [5, 5.41) is 9.24. The van der Waals surface area contributed by atoms with Crippen molar-refractivity contribution in [3.63, 3.8) is 0 Å². The van der Waals surface area contributed by atoms with E-state index in [0.717, 1.165) is 27.7 Å². The lowest BCUT2D eigenvalue weighted by atomic mass is 10.0. The van der Waals surface area contributed by atoms with Crippen LogP contribution in [0.4, 0.5) is 5.69 Å². The number of aryl methyl sites for hydroxylation is 1. The SMILES string of the molecule is CCOc1cc2occ(C)c2cc1/C(C)=C/C(=O)NC1=NN(c2ccccc2)C(=O)C1. The van der Waals surface area contributed by atoms with Gasteiger partial charge in [0.1, 0.15) is 17.2 Å². The van der Waals surface area contributed by atoms with E-state index >= 15 is 0 Å². The molecule has 4 rings (SSSR count). The van der Waals surface area contributed by atoms with Gasteiger partial charge in [0.2, 0.25) is 5.91 Å². The van der Waals surface area contributed by atoms with Gasteiger partial charge in [-0.05, 0) is 50.1 Å². The Bertz CT molecular complexity index is 1210. The summed E-state index contributed by atoms with van der Waals surface area (Å²) in [6.07, 6.45) is 3.22. The fourth-order valence-electron chi connectivity index (χ4n) is 3.49. The monoisotopic (exact) mass is 417 g/mol. The van der Waals surface area contributed by atoms with Gasteiger partial charge in [-0.3, -0.25) is 9.59 Å². The van der Waals surface area contributed by atoms with Crippen LogP contribution in [0.1, 0.15) is 31.4 Å².